The predicted molar refractivity (Wildman–Crippen MR) is 85.1 cm³/mol. The third-order valence-corrected chi connectivity index (χ3v) is 5.49. The average molecular weight is 365 g/mol. The first-order valence-corrected chi connectivity index (χ1v) is 7.74. The summed E-state index contributed by atoms with van der Waals surface area (Å²) in [4.78, 5) is 0. The third kappa shape index (κ3) is 3.42. The van der Waals surface area contributed by atoms with Gasteiger partial charge in [-0.1, -0.05) is 91.0 Å². The van der Waals surface area contributed by atoms with Gasteiger partial charge in [0.05, 0.1) is 0 Å². The van der Waals surface area contributed by atoms with Gasteiger partial charge in [-0.25, -0.2) is 0 Å². The molecular formula is C18H15PRh+2. The van der Waals surface area contributed by atoms with Crippen molar-refractivity contribution in [1.29, 1.82) is 0 Å². The maximum Gasteiger partial charge on any atom is 2.00 e. The van der Waals surface area contributed by atoms with Crippen molar-refractivity contribution in [3.63, 3.8) is 0 Å². The molecule has 0 nitrogen and oxygen atoms in total. The van der Waals surface area contributed by atoms with Crippen LogP contribution in [0.2, 0.25) is 0 Å². The van der Waals surface area contributed by atoms with E-state index in [1.165, 1.54) is 15.9 Å². The Hall–Kier alpha value is -1.29. The van der Waals surface area contributed by atoms with Gasteiger partial charge < -0.3 is 0 Å². The minimum Gasteiger partial charge on any atom is -0.0622 e. The zero-order valence-corrected chi connectivity index (χ0v) is 13.5. The first-order valence-electron chi connectivity index (χ1n) is 6.40. The molecule has 0 spiro atoms. The normalized spacial score (nSPS) is 10.1. The molecule has 3 aromatic carbocycles. The van der Waals surface area contributed by atoms with Crippen LogP contribution in [0.15, 0.2) is 91.0 Å². The maximum absolute atomic E-state index is 2.23. The van der Waals surface area contributed by atoms with Crippen LogP contribution in [-0.2, 0) is 19.5 Å². The van der Waals surface area contributed by atoms with E-state index < -0.39 is 7.92 Å². The SMILES string of the molecule is [Rh+2].c1ccc(P(c2ccccc2)c2ccccc2)cc1. The third-order valence-electron chi connectivity index (χ3n) is 3.04. The predicted octanol–water partition coefficient (Wildman–Crippen LogP) is 3.44. The van der Waals surface area contributed by atoms with E-state index in [-0.39, 0.29) is 19.5 Å². The van der Waals surface area contributed by atoms with Gasteiger partial charge in [-0.15, -0.1) is 0 Å². The summed E-state index contributed by atoms with van der Waals surface area (Å²) in [5, 5.41) is 4.19. The van der Waals surface area contributed by atoms with Crippen molar-refractivity contribution in [2.75, 3.05) is 0 Å². The summed E-state index contributed by atoms with van der Waals surface area (Å²) >= 11 is 0. The van der Waals surface area contributed by atoms with Gasteiger partial charge in [0.15, 0.2) is 0 Å². The van der Waals surface area contributed by atoms with Crippen LogP contribution in [-0.4, -0.2) is 0 Å². The van der Waals surface area contributed by atoms with Crippen molar-refractivity contribution in [2.45, 2.75) is 0 Å². The summed E-state index contributed by atoms with van der Waals surface area (Å²) in [6, 6.07) is 32.3. The van der Waals surface area contributed by atoms with Crippen molar-refractivity contribution in [3.05, 3.63) is 91.0 Å². The molecular weight excluding hydrogens is 350 g/mol. The molecule has 0 aromatic heterocycles. The van der Waals surface area contributed by atoms with E-state index in [9.17, 15) is 0 Å². The van der Waals surface area contributed by atoms with Crippen LogP contribution in [0.4, 0.5) is 0 Å². The summed E-state index contributed by atoms with van der Waals surface area (Å²) < 4.78 is 0. The monoisotopic (exact) mass is 365 g/mol. The minimum atomic E-state index is -0.446. The van der Waals surface area contributed by atoms with Crippen LogP contribution >= 0.6 is 7.92 Å². The Bertz CT molecular complexity index is 529. The smallest absolute Gasteiger partial charge is 0.0622 e. The zero-order chi connectivity index (χ0) is 12.9. The van der Waals surface area contributed by atoms with Gasteiger partial charge in [0.1, 0.15) is 0 Å². The van der Waals surface area contributed by atoms with E-state index in [0.717, 1.165) is 0 Å². The van der Waals surface area contributed by atoms with E-state index in [4.69, 9.17) is 0 Å². The average Bonchev–Trinajstić information content (AvgIpc) is 2.51. The number of rotatable bonds is 3. The van der Waals surface area contributed by atoms with Crippen LogP contribution in [0.1, 0.15) is 0 Å². The second-order valence-electron chi connectivity index (χ2n) is 4.34. The van der Waals surface area contributed by atoms with Crippen LogP contribution in [0.3, 0.4) is 0 Å². The van der Waals surface area contributed by atoms with Gasteiger partial charge in [0.2, 0.25) is 0 Å². The summed E-state index contributed by atoms with van der Waals surface area (Å²) in [5.74, 6) is 0. The summed E-state index contributed by atoms with van der Waals surface area (Å²) in [7, 11) is -0.446. The molecule has 0 amide bonds. The van der Waals surface area contributed by atoms with Crippen molar-refractivity contribution < 1.29 is 19.5 Å². The Morgan fingerprint density at radius 1 is 0.400 bits per heavy atom. The molecule has 2 heteroatoms. The molecule has 3 rings (SSSR count). The summed E-state index contributed by atoms with van der Waals surface area (Å²) in [6.45, 7) is 0. The van der Waals surface area contributed by atoms with Gasteiger partial charge in [0.25, 0.3) is 0 Å². The second-order valence-corrected chi connectivity index (χ2v) is 6.56. The Morgan fingerprint density at radius 2 is 0.650 bits per heavy atom. The van der Waals surface area contributed by atoms with Gasteiger partial charge in [-0.2, -0.15) is 0 Å². The molecule has 3 aromatic rings. The first kappa shape index (κ1) is 15.1. The number of benzene rings is 3. The molecule has 0 fully saturated rings. The molecule has 0 aliphatic carbocycles. The summed E-state index contributed by atoms with van der Waals surface area (Å²) in [6.07, 6.45) is 0. The van der Waals surface area contributed by atoms with E-state index in [1.54, 1.807) is 0 Å². The second kappa shape index (κ2) is 7.48. The molecule has 0 N–H and O–H groups in total. The fraction of sp³-hybridized carbons (Fsp3) is 0. The molecule has 0 atom stereocenters. The molecule has 0 saturated heterocycles. The van der Waals surface area contributed by atoms with Gasteiger partial charge >= 0.3 is 19.5 Å². The van der Waals surface area contributed by atoms with E-state index in [0.29, 0.717) is 0 Å². The molecule has 0 bridgehead atoms. The topological polar surface area (TPSA) is 0 Å². The molecule has 0 saturated carbocycles. The maximum atomic E-state index is 2.23. The van der Waals surface area contributed by atoms with Crippen molar-refractivity contribution in [2.24, 2.45) is 0 Å². The molecule has 99 valence electrons. The van der Waals surface area contributed by atoms with Gasteiger partial charge in [0, 0.05) is 0 Å². The fourth-order valence-corrected chi connectivity index (χ4v) is 4.48. The van der Waals surface area contributed by atoms with Crippen molar-refractivity contribution >= 4 is 23.8 Å². The number of hydrogen-bond donors (Lipinski definition) is 0. The van der Waals surface area contributed by atoms with Crippen molar-refractivity contribution in [1.82, 2.24) is 0 Å². The van der Waals surface area contributed by atoms with Crippen LogP contribution in [0, 0.1) is 0 Å². The van der Waals surface area contributed by atoms with Gasteiger partial charge in [-0.3, -0.25) is 0 Å². The van der Waals surface area contributed by atoms with Crippen LogP contribution < -0.4 is 15.9 Å². The van der Waals surface area contributed by atoms with Crippen LogP contribution in [0.5, 0.6) is 0 Å². The first-order chi connectivity index (χ1) is 9.45. The number of hydrogen-bond acceptors (Lipinski definition) is 0. The van der Waals surface area contributed by atoms with E-state index >= 15 is 0 Å². The zero-order valence-electron chi connectivity index (χ0n) is 10.9. The molecule has 20 heavy (non-hydrogen) atoms. The molecule has 0 aliphatic heterocycles. The molecule has 1 radical (unpaired) electrons. The standard InChI is InChI=1S/C18H15P.Rh/c1-4-10-16(11-5-1)19(17-12-6-2-7-13-17)18-14-8-3-9-15-18;/h1-15H;/q;+2. The van der Waals surface area contributed by atoms with E-state index in [1.807, 2.05) is 0 Å². The Labute approximate surface area is 134 Å². The minimum absolute atomic E-state index is 0. The van der Waals surface area contributed by atoms with Crippen molar-refractivity contribution in [3.8, 4) is 0 Å². The summed E-state index contributed by atoms with van der Waals surface area (Å²) in [5.41, 5.74) is 0. The van der Waals surface area contributed by atoms with E-state index in [2.05, 4.69) is 91.0 Å². The molecule has 0 heterocycles. The molecule has 0 aliphatic rings. The fourth-order valence-electron chi connectivity index (χ4n) is 2.18. The Kier molecular flexibility index (Phi) is 5.65. The Morgan fingerprint density at radius 3 is 0.900 bits per heavy atom. The van der Waals surface area contributed by atoms with Crippen LogP contribution in [0.25, 0.3) is 0 Å². The quantitative estimate of drug-likeness (QED) is 0.493. The largest absolute Gasteiger partial charge is 2.00 e. The van der Waals surface area contributed by atoms with Gasteiger partial charge in [-0.05, 0) is 23.8 Å². The molecule has 0 unspecified atom stereocenters. The Balaban J connectivity index is 0.00000147.